The number of sulfonamides is 1. The highest BCUT2D eigenvalue weighted by molar-refractivity contribution is 9.10. The van der Waals surface area contributed by atoms with Crippen LogP contribution in [-0.4, -0.2) is 27.5 Å². The van der Waals surface area contributed by atoms with Crippen molar-refractivity contribution in [1.82, 2.24) is 4.72 Å². The van der Waals surface area contributed by atoms with E-state index in [1.807, 2.05) is 6.07 Å². The molecule has 1 N–H and O–H groups in total. The Kier molecular flexibility index (Phi) is 6.09. The summed E-state index contributed by atoms with van der Waals surface area (Å²) in [4.78, 5) is 11.8. The molecule has 0 aromatic heterocycles. The molecule has 5 nitrogen and oxygen atoms in total. The van der Waals surface area contributed by atoms with Gasteiger partial charge in [0.1, 0.15) is 11.9 Å². The van der Waals surface area contributed by atoms with Crippen molar-refractivity contribution in [3.8, 4) is 0 Å². The number of hydrogen-bond acceptors (Lipinski definition) is 4. The van der Waals surface area contributed by atoms with Crippen LogP contribution in [0.5, 0.6) is 0 Å². The Morgan fingerprint density at radius 1 is 1.25 bits per heavy atom. The number of halogens is 2. The molecule has 0 bridgehead atoms. The molecule has 0 radical (unpaired) electrons. The van der Waals surface area contributed by atoms with Gasteiger partial charge in [-0.15, -0.1) is 0 Å². The van der Waals surface area contributed by atoms with Crippen molar-refractivity contribution >= 4 is 31.9 Å². The van der Waals surface area contributed by atoms with Gasteiger partial charge in [-0.2, -0.15) is 4.72 Å². The molecule has 24 heavy (non-hydrogen) atoms. The summed E-state index contributed by atoms with van der Waals surface area (Å²) in [6.45, 7) is 0. The molecule has 2 aromatic rings. The molecule has 0 spiro atoms. The zero-order valence-corrected chi connectivity index (χ0v) is 15.1. The van der Waals surface area contributed by atoms with Crippen molar-refractivity contribution in [2.24, 2.45) is 0 Å². The fraction of sp³-hybridized carbons (Fsp3) is 0.188. The smallest absolute Gasteiger partial charge is 0.324 e. The summed E-state index contributed by atoms with van der Waals surface area (Å²) >= 11 is 3.02. The normalized spacial score (nSPS) is 12.6. The van der Waals surface area contributed by atoms with Crippen molar-refractivity contribution in [2.75, 3.05) is 7.11 Å². The SMILES string of the molecule is COC(=O)[C@H](Cc1ccccc1)NS(=O)(=O)c1ccc(F)cc1Br. The quantitative estimate of drug-likeness (QED) is 0.736. The van der Waals surface area contributed by atoms with Gasteiger partial charge in [0.2, 0.25) is 10.0 Å². The van der Waals surface area contributed by atoms with Crippen molar-refractivity contribution < 1.29 is 22.3 Å². The van der Waals surface area contributed by atoms with Crippen LogP contribution in [0.2, 0.25) is 0 Å². The van der Waals surface area contributed by atoms with E-state index in [1.165, 1.54) is 7.11 Å². The molecule has 0 aliphatic heterocycles. The molecule has 0 saturated carbocycles. The Balaban J connectivity index is 2.29. The highest BCUT2D eigenvalue weighted by Crippen LogP contribution is 2.23. The molecular weight excluding hydrogens is 401 g/mol. The Labute approximate surface area is 148 Å². The highest BCUT2D eigenvalue weighted by atomic mass is 79.9. The Hall–Kier alpha value is -1.77. The van der Waals surface area contributed by atoms with Crippen LogP contribution < -0.4 is 4.72 Å². The standard InChI is InChI=1S/C16H15BrFNO4S/c1-23-16(20)14(9-11-5-3-2-4-6-11)19-24(21,22)15-8-7-12(18)10-13(15)17/h2-8,10,14,19H,9H2,1H3/t14-/m0/s1. The first-order chi connectivity index (χ1) is 11.3. The van der Waals surface area contributed by atoms with Gasteiger partial charge in [-0.1, -0.05) is 30.3 Å². The number of hydrogen-bond donors (Lipinski definition) is 1. The summed E-state index contributed by atoms with van der Waals surface area (Å²) in [5, 5.41) is 0. The molecule has 128 valence electrons. The zero-order chi connectivity index (χ0) is 17.7. The van der Waals surface area contributed by atoms with Gasteiger partial charge in [-0.25, -0.2) is 12.8 Å². The van der Waals surface area contributed by atoms with Crippen molar-refractivity contribution in [1.29, 1.82) is 0 Å². The van der Waals surface area contributed by atoms with Gasteiger partial charge < -0.3 is 4.74 Å². The van der Waals surface area contributed by atoms with Crippen molar-refractivity contribution in [2.45, 2.75) is 17.4 Å². The van der Waals surface area contributed by atoms with Gasteiger partial charge in [0.15, 0.2) is 0 Å². The van der Waals surface area contributed by atoms with Crippen molar-refractivity contribution in [3.05, 3.63) is 64.4 Å². The van der Waals surface area contributed by atoms with E-state index >= 15 is 0 Å². The van der Waals surface area contributed by atoms with Gasteiger partial charge in [0.25, 0.3) is 0 Å². The van der Waals surface area contributed by atoms with E-state index in [0.29, 0.717) is 0 Å². The van der Waals surface area contributed by atoms with E-state index in [4.69, 9.17) is 0 Å². The number of carbonyl (C=O) groups is 1. The number of rotatable bonds is 6. The number of ether oxygens (including phenoxy) is 1. The highest BCUT2D eigenvalue weighted by Gasteiger charge is 2.28. The topological polar surface area (TPSA) is 72.5 Å². The first kappa shape index (κ1) is 18.6. The molecule has 0 fully saturated rings. The van der Waals surface area contributed by atoms with Gasteiger partial charge in [0, 0.05) is 4.47 Å². The molecule has 0 aliphatic carbocycles. The predicted molar refractivity (Wildman–Crippen MR) is 90.4 cm³/mol. The van der Waals surface area contributed by atoms with E-state index in [0.717, 1.165) is 23.8 Å². The minimum absolute atomic E-state index is 0.0679. The molecule has 0 heterocycles. The zero-order valence-electron chi connectivity index (χ0n) is 12.7. The predicted octanol–water partition coefficient (Wildman–Crippen LogP) is 2.65. The van der Waals surface area contributed by atoms with Crippen LogP contribution >= 0.6 is 15.9 Å². The van der Waals surface area contributed by atoms with E-state index in [9.17, 15) is 17.6 Å². The first-order valence-corrected chi connectivity index (χ1v) is 9.20. The van der Waals surface area contributed by atoms with E-state index in [1.54, 1.807) is 24.3 Å². The minimum Gasteiger partial charge on any atom is -0.468 e. The largest absolute Gasteiger partial charge is 0.468 e. The van der Waals surface area contributed by atoms with E-state index in [-0.39, 0.29) is 15.8 Å². The molecular formula is C16H15BrFNO4S. The molecule has 2 rings (SSSR count). The second-order valence-electron chi connectivity index (χ2n) is 4.96. The average Bonchev–Trinajstić information content (AvgIpc) is 2.53. The minimum atomic E-state index is -4.05. The van der Waals surface area contributed by atoms with Crippen LogP contribution in [0.25, 0.3) is 0 Å². The van der Waals surface area contributed by atoms with Crippen LogP contribution in [0, 0.1) is 5.82 Å². The maximum Gasteiger partial charge on any atom is 0.324 e. The lowest BCUT2D eigenvalue weighted by Gasteiger charge is -2.17. The van der Waals surface area contributed by atoms with Crippen LogP contribution in [-0.2, 0) is 26.0 Å². The first-order valence-electron chi connectivity index (χ1n) is 6.92. The third-order valence-electron chi connectivity index (χ3n) is 3.25. The third kappa shape index (κ3) is 4.62. The maximum atomic E-state index is 13.1. The second-order valence-corrected chi connectivity index (χ2v) is 7.50. The lowest BCUT2D eigenvalue weighted by atomic mass is 10.1. The maximum absolute atomic E-state index is 13.1. The van der Waals surface area contributed by atoms with Crippen molar-refractivity contribution in [3.63, 3.8) is 0 Å². The summed E-state index contributed by atoms with van der Waals surface area (Å²) in [5.74, 6) is -1.28. The van der Waals surface area contributed by atoms with Crippen LogP contribution in [0.15, 0.2) is 57.9 Å². The van der Waals surface area contributed by atoms with E-state index in [2.05, 4.69) is 25.4 Å². The molecule has 1 atom stereocenters. The molecule has 0 unspecified atom stereocenters. The van der Waals surface area contributed by atoms with Gasteiger partial charge in [-0.05, 0) is 46.1 Å². The van der Waals surface area contributed by atoms with Crippen LogP contribution in [0.4, 0.5) is 4.39 Å². The number of esters is 1. The van der Waals surface area contributed by atoms with E-state index < -0.39 is 27.9 Å². The second kappa shape index (κ2) is 7.87. The third-order valence-corrected chi connectivity index (χ3v) is 5.70. The summed E-state index contributed by atoms with van der Waals surface area (Å²) in [6, 6.07) is 11.0. The van der Waals surface area contributed by atoms with Crippen LogP contribution in [0.1, 0.15) is 5.56 Å². The monoisotopic (exact) mass is 415 g/mol. The van der Waals surface area contributed by atoms with Gasteiger partial charge in [-0.3, -0.25) is 4.79 Å². The Morgan fingerprint density at radius 3 is 2.50 bits per heavy atom. The van der Waals surface area contributed by atoms with Gasteiger partial charge >= 0.3 is 5.97 Å². The molecule has 8 heteroatoms. The summed E-state index contributed by atoms with van der Waals surface area (Å²) in [6.07, 6.45) is 0.131. The number of carbonyl (C=O) groups excluding carboxylic acids is 1. The number of methoxy groups -OCH3 is 1. The summed E-state index contributed by atoms with van der Waals surface area (Å²) in [5.41, 5.74) is 0.772. The lowest BCUT2D eigenvalue weighted by molar-refractivity contribution is -0.142. The van der Waals surface area contributed by atoms with Gasteiger partial charge in [0.05, 0.1) is 12.0 Å². The summed E-state index contributed by atoms with van der Waals surface area (Å²) < 4.78 is 45.2. The van der Waals surface area contributed by atoms with Crippen LogP contribution in [0.3, 0.4) is 0 Å². The Bertz CT molecular complexity index is 827. The fourth-order valence-corrected chi connectivity index (χ4v) is 4.34. The summed E-state index contributed by atoms with van der Waals surface area (Å²) in [7, 11) is -2.86. The lowest BCUT2D eigenvalue weighted by Crippen LogP contribution is -2.43. The molecule has 0 aliphatic rings. The molecule has 0 saturated heterocycles. The average molecular weight is 416 g/mol. The number of nitrogens with one attached hydrogen (secondary N) is 1. The molecule has 2 aromatic carbocycles. The fourth-order valence-electron chi connectivity index (χ4n) is 2.11. The number of benzene rings is 2. The molecule has 0 amide bonds. The Morgan fingerprint density at radius 2 is 1.92 bits per heavy atom.